The molecule has 4 bridgehead atoms. The molecule has 5 amide bonds. The Morgan fingerprint density at radius 3 is 1.97 bits per heavy atom. The Labute approximate surface area is 374 Å². The van der Waals surface area contributed by atoms with E-state index in [1.54, 1.807) is 27.7 Å². The molecule has 0 saturated carbocycles. The molecule has 3 rings (SSSR count). The number of hydrogen-bond acceptors (Lipinski definition) is 20. The lowest BCUT2D eigenvalue weighted by molar-refractivity contribution is -0.348. The minimum Gasteiger partial charge on any atom is -0.480 e. The zero-order valence-corrected chi connectivity index (χ0v) is 36.9. The maximum Gasteiger partial charge on any atom is 0.329 e. The molecule has 64 heavy (non-hydrogen) atoms. The molecule has 3 heterocycles. The fourth-order valence-corrected chi connectivity index (χ4v) is 8.91. The van der Waals surface area contributed by atoms with Crippen LogP contribution >= 0.6 is 21.6 Å². The Balaban J connectivity index is 2.22. The molecular formula is C36H58N6O20S2. The molecule has 26 nitrogen and oxygen atoms in total. The summed E-state index contributed by atoms with van der Waals surface area (Å²) in [5.74, 6) is -10.9. The van der Waals surface area contributed by atoms with Crippen molar-refractivity contribution in [2.75, 3.05) is 37.9 Å². The average molecular weight is 959 g/mol. The van der Waals surface area contributed by atoms with Crippen LogP contribution in [0.25, 0.3) is 0 Å². The maximum atomic E-state index is 14.0. The van der Waals surface area contributed by atoms with Crippen LogP contribution in [0.4, 0.5) is 0 Å². The Morgan fingerprint density at radius 1 is 0.781 bits per heavy atom. The van der Waals surface area contributed by atoms with E-state index in [0.717, 1.165) is 21.6 Å². The number of primary amides is 1. The molecule has 3 aliphatic heterocycles. The summed E-state index contributed by atoms with van der Waals surface area (Å²) in [6, 6.07) is -7.39. The molecule has 0 radical (unpaired) electrons. The third-order valence-corrected chi connectivity index (χ3v) is 12.5. The van der Waals surface area contributed by atoms with E-state index in [9.17, 15) is 69.0 Å². The summed E-state index contributed by atoms with van der Waals surface area (Å²) in [5.41, 5.74) is 11.5. The lowest BCUT2D eigenvalue weighted by Crippen LogP contribution is -2.70. The predicted molar refractivity (Wildman–Crippen MR) is 218 cm³/mol. The smallest absolute Gasteiger partial charge is 0.329 e. The normalized spacial score (nSPS) is 34.3. The van der Waals surface area contributed by atoms with Crippen LogP contribution in [0.15, 0.2) is 0 Å². The van der Waals surface area contributed by atoms with Crippen molar-refractivity contribution in [3.05, 3.63) is 0 Å². The van der Waals surface area contributed by atoms with Crippen LogP contribution in [0.5, 0.6) is 0 Å². The molecule has 3 aliphatic rings. The Bertz CT molecular complexity index is 1650. The number of aliphatic hydroxyl groups excluding tert-OH is 3. The number of carbonyl (C=O) groups excluding carboxylic acids is 5. The zero-order valence-electron chi connectivity index (χ0n) is 35.3. The van der Waals surface area contributed by atoms with E-state index < -0.39 is 165 Å². The number of amides is 5. The van der Waals surface area contributed by atoms with Gasteiger partial charge in [0.05, 0.1) is 12.6 Å². The van der Waals surface area contributed by atoms with E-state index in [1.165, 1.54) is 0 Å². The van der Waals surface area contributed by atoms with Crippen LogP contribution in [0.3, 0.4) is 0 Å². The first-order chi connectivity index (χ1) is 30.1. The van der Waals surface area contributed by atoms with Crippen molar-refractivity contribution in [2.24, 2.45) is 23.3 Å². The fourth-order valence-electron chi connectivity index (χ4n) is 6.64. The topological polar surface area (TPSA) is 413 Å². The Morgan fingerprint density at radius 2 is 1.41 bits per heavy atom. The second-order valence-corrected chi connectivity index (χ2v) is 18.1. The summed E-state index contributed by atoms with van der Waals surface area (Å²) in [5, 5.41) is 72.0. The third kappa shape index (κ3) is 15.6. The van der Waals surface area contributed by atoms with Gasteiger partial charge in [0.25, 0.3) is 5.91 Å². The molecule has 0 aromatic rings. The number of carboxylic acids is 3. The highest BCUT2D eigenvalue weighted by molar-refractivity contribution is 8.76. The van der Waals surface area contributed by atoms with E-state index in [4.69, 9.17) is 39.9 Å². The van der Waals surface area contributed by atoms with Gasteiger partial charge in [-0.2, -0.15) is 0 Å². The van der Waals surface area contributed by atoms with Crippen molar-refractivity contribution < 1.29 is 97.4 Å². The molecule has 3 saturated heterocycles. The first-order valence-electron chi connectivity index (χ1n) is 20.0. The van der Waals surface area contributed by atoms with Gasteiger partial charge in [0.15, 0.2) is 18.7 Å². The van der Waals surface area contributed by atoms with Crippen LogP contribution in [0, 0.1) is 11.8 Å². The van der Waals surface area contributed by atoms with Crippen LogP contribution < -0.4 is 32.7 Å². The first kappa shape index (κ1) is 54.4. The summed E-state index contributed by atoms with van der Waals surface area (Å²) < 4.78 is 34.3. The largest absolute Gasteiger partial charge is 0.480 e. The number of nitrogens with two attached hydrogens (primary N) is 2. The third-order valence-electron chi connectivity index (χ3n) is 10.1. The fraction of sp³-hybridized carbons (Fsp3) is 0.778. The predicted octanol–water partition coefficient (Wildman–Crippen LogP) is -5.18. The van der Waals surface area contributed by atoms with Crippen LogP contribution in [-0.4, -0.2) is 202 Å². The lowest BCUT2D eigenvalue weighted by Gasteiger charge is -2.48. The van der Waals surface area contributed by atoms with Crippen LogP contribution in [0.2, 0.25) is 0 Å². The molecular weight excluding hydrogens is 901 g/mol. The SMILES string of the molecule is CC[C@H](C)[C@@H]1NC(=O)[C@H](CC(C)C)NC(=O)[C@H]2O[C@@H](O[C@H]3[C@H](OCC(=O)O)[C@@H](NC(=O)[C@@H](N)CSSC[C@@H](C(=O)O)NC1=O)[C@H](OCC(N)=O)O[C@@H]3CO)[C@H](OCC(=O)O)[C@@H](O)[C@@H]2O. The van der Waals surface area contributed by atoms with Gasteiger partial charge in [-0.15, -0.1) is 0 Å². The molecule has 3 fully saturated rings. The molecule has 364 valence electrons. The number of carboxylic acid groups (broad SMARTS) is 3. The first-order valence-corrected chi connectivity index (χ1v) is 22.5. The van der Waals surface area contributed by atoms with Gasteiger partial charge in [0, 0.05) is 11.5 Å². The maximum absolute atomic E-state index is 14.0. The van der Waals surface area contributed by atoms with Gasteiger partial charge in [0.2, 0.25) is 23.6 Å². The molecule has 0 aliphatic carbocycles. The molecule has 15 atom stereocenters. The van der Waals surface area contributed by atoms with Crippen molar-refractivity contribution >= 4 is 69.0 Å². The minimum absolute atomic E-state index is 0.0674. The van der Waals surface area contributed by atoms with E-state index in [1.807, 2.05) is 0 Å². The number of rotatable bonds is 15. The van der Waals surface area contributed by atoms with E-state index in [0.29, 0.717) is 6.42 Å². The van der Waals surface area contributed by atoms with Gasteiger partial charge in [-0.25, -0.2) is 14.4 Å². The molecule has 0 aromatic carbocycles. The summed E-state index contributed by atoms with van der Waals surface area (Å²) in [7, 11) is 1.86. The van der Waals surface area contributed by atoms with Crippen molar-refractivity contribution in [3.8, 4) is 0 Å². The molecule has 0 aromatic heterocycles. The highest BCUT2D eigenvalue weighted by Crippen LogP contribution is 2.33. The van der Waals surface area contributed by atoms with Gasteiger partial charge in [0.1, 0.15) is 80.6 Å². The number of ether oxygens (including phenoxy) is 6. The minimum atomic E-state index is -2.21. The van der Waals surface area contributed by atoms with Gasteiger partial charge in [-0.05, 0) is 18.3 Å². The second kappa shape index (κ2) is 25.7. The number of aliphatic hydroxyl groups is 3. The average Bonchev–Trinajstić information content (AvgIpc) is 3.22. The number of hydrogen-bond donors (Lipinski definition) is 12. The summed E-state index contributed by atoms with van der Waals surface area (Å²) in [6.07, 6.45) is -17.4. The molecule has 28 heteroatoms. The van der Waals surface area contributed by atoms with E-state index in [2.05, 4.69) is 21.3 Å². The van der Waals surface area contributed by atoms with Gasteiger partial charge in [-0.1, -0.05) is 55.7 Å². The quantitative estimate of drug-likeness (QED) is 0.0683. The number of aliphatic carboxylic acids is 3. The molecule has 0 spiro atoms. The molecule has 0 unspecified atom stereocenters. The van der Waals surface area contributed by atoms with Crippen molar-refractivity contribution in [2.45, 2.75) is 126 Å². The number of carbonyl (C=O) groups is 8. The van der Waals surface area contributed by atoms with Crippen molar-refractivity contribution in [3.63, 3.8) is 0 Å². The van der Waals surface area contributed by atoms with Crippen LogP contribution in [-0.2, 0) is 66.8 Å². The van der Waals surface area contributed by atoms with E-state index in [-0.39, 0.29) is 23.8 Å². The second-order valence-electron chi connectivity index (χ2n) is 15.5. The highest BCUT2D eigenvalue weighted by atomic mass is 33.1. The standard InChI is InChI=1S/C36H58N6O20S2/c1-5-14(4)22-32(53)40-17(34(55)56)12-64-63-11-15(37)30(51)42-23-27(57-9-20(45)46)26(18(7-43)60-35(23)59-8-19(38)44)61-36-29(58-10-21(47)48)25(50)24(49)28(62-36)33(54)39-16(6-13(2)3)31(52)41-22/h13-18,22-29,35-36,43,49-50H,5-12,37H2,1-4H3,(H2,38,44)(H,39,54)(H,40,53)(H,41,52)(H,42,51)(H,45,46)(H,47,48)(H,55,56)/t14-,15-,16-,17-,18+,22-,23+,24-,25-,26+,27+,28-,29+,35+,36+/m0/s1. The van der Waals surface area contributed by atoms with Crippen LogP contribution in [0.1, 0.15) is 40.5 Å². The molecule has 14 N–H and O–H groups in total. The van der Waals surface area contributed by atoms with Gasteiger partial charge in [-0.3, -0.25) is 24.0 Å². The zero-order chi connectivity index (χ0) is 48.0. The Kier molecular flexibility index (Phi) is 21.8. The summed E-state index contributed by atoms with van der Waals surface area (Å²) in [4.78, 5) is 103. The van der Waals surface area contributed by atoms with Gasteiger partial charge < -0.3 is 91.8 Å². The van der Waals surface area contributed by atoms with Gasteiger partial charge >= 0.3 is 17.9 Å². The highest BCUT2D eigenvalue weighted by Gasteiger charge is 2.55. The van der Waals surface area contributed by atoms with E-state index >= 15 is 0 Å². The Hall–Kier alpha value is -3.94. The monoisotopic (exact) mass is 958 g/mol. The van der Waals surface area contributed by atoms with Crippen molar-refractivity contribution in [1.82, 2.24) is 21.3 Å². The lowest BCUT2D eigenvalue weighted by atomic mass is 9.94. The number of fused-ring (bicyclic) bond motifs is 4. The van der Waals surface area contributed by atoms with Crippen molar-refractivity contribution in [1.29, 1.82) is 0 Å². The summed E-state index contributed by atoms with van der Waals surface area (Å²) >= 11 is 0. The number of nitrogens with one attached hydrogen (secondary N) is 4. The summed E-state index contributed by atoms with van der Waals surface area (Å²) in [6.45, 7) is 2.66.